The molecule has 1 N–H and O–H groups in total. The van der Waals surface area contributed by atoms with E-state index in [0.717, 1.165) is 57.1 Å². The van der Waals surface area contributed by atoms with Crippen LogP contribution in [0.2, 0.25) is 0 Å². The maximum Gasteiger partial charge on any atom is 0.271 e. The van der Waals surface area contributed by atoms with Crippen LogP contribution in [-0.4, -0.2) is 63.4 Å². The standard InChI is InChI=1S/C40H57N3O7/c1-22-7-9-29-24(3)32(45-33-20-37(5)15-11-27(22)39(29,33)49-47-37)19-31(42-43-36(44)26-13-17-41-18-14-26)35-25(4)30-10-8-23(2)28-12-16-38(6)21-34(46-35)40(28,30)50-48-38/h13-14,17-18,22-25,27-30,32-35H,7-12,15-16,19-21H2,1-6H3,(H,43,44)/t22-,23-,24-,25-,27+,28+,29+,30+,32-,33-,34-,35+,37+,38+,39-,40-/m1/s1. The number of hydrazone groups is 1. The van der Waals surface area contributed by atoms with E-state index in [0.29, 0.717) is 41.6 Å². The van der Waals surface area contributed by atoms with E-state index in [9.17, 15) is 4.79 Å². The number of hydrogen-bond donors (Lipinski definition) is 1. The lowest BCUT2D eigenvalue weighted by atomic mass is 9.55. The van der Waals surface area contributed by atoms with Gasteiger partial charge in [-0.2, -0.15) is 5.10 Å². The largest absolute Gasteiger partial charge is 0.371 e. The van der Waals surface area contributed by atoms with Gasteiger partial charge in [0.05, 0.1) is 24.0 Å². The van der Waals surface area contributed by atoms with Crippen LogP contribution in [-0.2, 0) is 29.0 Å². The summed E-state index contributed by atoms with van der Waals surface area (Å²) in [4.78, 5) is 43.3. The molecule has 274 valence electrons. The van der Waals surface area contributed by atoms with E-state index in [1.165, 1.54) is 12.8 Å². The Morgan fingerprint density at radius 3 is 1.92 bits per heavy atom. The lowest BCUT2D eigenvalue weighted by Crippen LogP contribution is -2.71. The number of carbonyl (C=O) groups excluding carboxylic acids is 1. The van der Waals surface area contributed by atoms with E-state index >= 15 is 0 Å². The third-order valence-corrected chi connectivity index (χ3v) is 15.5. The summed E-state index contributed by atoms with van der Waals surface area (Å²) >= 11 is 0. The maximum absolute atomic E-state index is 13.4. The highest BCUT2D eigenvalue weighted by molar-refractivity contribution is 5.96. The summed E-state index contributed by atoms with van der Waals surface area (Å²) in [6.45, 7) is 13.8. The molecule has 1 aromatic heterocycles. The minimum absolute atomic E-state index is 0.0491. The summed E-state index contributed by atoms with van der Waals surface area (Å²) in [5.41, 5.74) is 2.71. The number of hydrogen-bond acceptors (Lipinski definition) is 9. The van der Waals surface area contributed by atoms with Crippen molar-refractivity contribution in [1.29, 1.82) is 0 Å². The molecule has 4 saturated carbocycles. The first-order valence-electron chi connectivity index (χ1n) is 19.8. The zero-order valence-corrected chi connectivity index (χ0v) is 30.8. The van der Waals surface area contributed by atoms with Gasteiger partial charge in [-0.15, -0.1) is 0 Å². The Balaban J connectivity index is 1.07. The summed E-state index contributed by atoms with van der Waals surface area (Å²) in [6.07, 6.45) is 13.6. The van der Waals surface area contributed by atoms with Crippen molar-refractivity contribution in [2.75, 3.05) is 0 Å². The molecule has 2 spiro atoms. The van der Waals surface area contributed by atoms with Gasteiger partial charge in [-0.1, -0.05) is 27.7 Å². The minimum Gasteiger partial charge on any atom is -0.371 e. The van der Waals surface area contributed by atoms with Gasteiger partial charge in [0.1, 0.15) is 28.5 Å². The number of rotatable bonds is 5. The molecule has 10 heteroatoms. The van der Waals surface area contributed by atoms with Crippen molar-refractivity contribution in [3.63, 3.8) is 0 Å². The van der Waals surface area contributed by atoms with E-state index < -0.39 is 11.2 Å². The molecular formula is C40H57N3O7. The normalized spacial score (nSPS) is 52.3. The van der Waals surface area contributed by atoms with Gasteiger partial charge in [0, 0.05) is 37.2 Å². The highest BCUT2D eigenvalue weighted by Crippen LogP contribution is 2.63. The van der Waals surface area contributed by atoms with Crippen LogP contribution >= 0.6 is 0 Å². The van der Waals surface area contributed by atoms with Crippen molar-refractivity contribution in [1.82, 2.24) is 10.4 Å². The number of nitrogens with zero attached hydrogens (tertiary/aromatic N) is 2. The molecular weight excluding hydrogens is 634 g/mol. The minimum atomic E-state index is -0.462. The van der Waals surface area contributed by atoms with Crippen molar-refractivity contribution in [2.45, 2.75) is 159 Å². The zero-order valence-electron chi connectivity index (χ0n) is 30.8. The van der Waals surface area contributed by atoms with Gasteiger partial charge in [-0.3, -0.25) is 9.78 Å². The van der Waals surface area contributed by atoms with E-state index in [-0.39, 0.29) is 59.3 Å². The van der Waals surface area contributed by atoms with Crippen LogP contribution in [0.15, 0.2) is 29.6 Å². The summed E-state index contributed by atoms with van der Waals surface area (Å²) in [7, 11) is 0. The van der Waals surface area contributed by atoms with Crippen LogP contribution in [0.5, 0.6) is 0 Å². The van der Waals surface area contributed by atoms with E-state index in [1.54, 1.807) is 24.5 Å². The molecule has 1 amide bonds. The van der Waals surface area contributed by atoms with Crippen LogP contribution in [0.1, 0.15) is 123 Å². The second-order valence-electron chi connectivity index (χ2n) is 18.4. The molecule has 0 aromatic carbocycles. The Kier molecular flexibility index (Phi) is 8.15. The molecule has 50 heavy (non-hydrogen) atoms. The van der Waals surface area contributed by atoms with Gasteiger partial charge in [0.25, 0.3) is 5.91 Å². The van der Waals surface area contributed by atoms with Crippen molar-refractivity contribution in [2.24, 2.45) is 52.4 Å². The Bertz CT molecular complexity index is 1510. The van der Waals surface area contributed by atoms with Crippen molar-refractivity contribution >= 4 is 11.6 Å². The first kappa shape index (κ1) is 33.9. The Labute approximate surface area is 296 Å². The fourth-order valence-corrected chi connectivity index (χ4v) is 12.7. The van der Waals surface area contributed by atoms with Gasteiger partial charge in [-0.25, -0.2) is 25.0 Å². The highest BCUT2D eigenvalue weighted by Gasteiger charge is 2.70. The van der Waals surface area contributed by atoms with Crippen LogP contribution < -0.4 is 5.43 Å². The SMILES string of the molecule is C[C@H]1[C@@H](C(C[C@H]2O[C@@H]3C[C@]4(C)CC[C@H]5[C@H](C)CC[C@@H]([C@H]2C)[C@@]35OO4)=NNC(=O)c2ccncc2)O[C@@H]2C[C@]3(C)CC[C@H]4[C@H](C)CC[C@@H]1[C@@]24OO3. The monoisotopic (exact) mass is 691 g/mol. The quantitative estimate of drug-likeness (QED) is 0.200. The average molecular weight is 692 g/mol. The summed E-state index contributed by atoms with van der Waals surface area (Å²) in [6, 6.07) is 3.43. The van der Waals surface area contributed by atoms with Crippen molar-refractivity contribution in [3.05, 3.63) is 30.1 Å². The third kappa shape index (κ3) is 4.98. The second kappa shape index (κ2) is 12.0. The van der Waals surface area contributed by atoms with Gasteiger partial charge in [-0.05, 0) is 125 Å². The topological polar surface area (TPSA) is 110 Å². The summed E-state index contributed by atoms with van der Waals surface area (Å²) in [5, 5.41) is 5.00. The Morgan fingerprint density at radius 1 is 0.760 bits per heavy atom. The zero-order chi connectivity index (χ0) is 34.6. The molecule has 11 rings (SSSR count). The molecule has 6 saturated heterocycles. The molecule has 0 unspecified atom stereocenters. The van der Waals surface area contributed by atoms with Gasteiger partial charge in [0.15, 0.2) is 0 Å². The molecule has 4 bridgehead atoms. The smallest absolute Gasteiger partial charge is 0.271 e. The summed E-state index contributed by atoms with van der Waals surface area (Å²) < 4.78 is 14.6. The van der Waals surface area contributed by atoms with Crippen LogP contribution in [0.3, 0.4) is 0 Å². The van der Waals surface area contributed by atoms with Crippen molar-refractivity contribution < 1.29 is 33.8 Å². The molecule has 6 aliphatic heterocycles. The fraction of sp³-hybridized carbons (Fsp3) is 0.825. The molecule has 0 radical (unpaired) electrons. The predicted octanol–water partition coefficient (Wildman–Crippen LogP) is 6.98. The lowest BCUT2D eigenvalue weighted by Gasteiger charge is -2.62. The third-order valence-electron chi connectivity index (χ3n) is 15.5. The van der Waals surface area contributed by atoms with Crippen LogP contribution in [0.4, 0.5) is 0 Å². The average Bonchev–Trinajstić information content (AvgIpc) is 3.48. The molecule has 1 aromatic rings. The number of fused-ring (bicyclic) bond motifs is 4. The molecule has 10 nitrogen and oxygen atoms in total. The van der Waals surface area contributed by atoms with Gasteiger partial charge in [0.2, 0.25) is 0 Å². The number of amides is 1. The van der Waals surface area contributed by atoms with Gasteiger partial charge < -0.3 is 9.47 Å². The van der Waals surface area contributed by atoms with E-state index in [2.05, 4.69) is 52.0 Å². The Morgan fingerprint density at radius 2 is 1.32 bits per heavy atom. The van der Waals surface area contributed by atoms with Gasteiger partial charge >= 0.3 is 0 Å². The number of aromatic nitrogens is 1. The first-order chi connectivity index (χ1) is 24.0. The Hall–Kier alpha value is -1.95. The summed E-state index contributed by atoms with van der Waals surface area (Å²) in [5.74, 6) is 2.56. The van der Waals surface area contributed by atoms with E-state index in [1.807, 2.05) is 0 Å². The highest BCUT2D eigenvalue weighted by atomic mass is 17.2. The number of pyridine rings is 1. The molecule has 16 atom stereocenters. The number of nitrogens with one attached hydrogen (secondary N) is 1. The maximum atomic E-state index is 13.4. The second-order valence-corrected chi connectivity index (χ2v) is 18.4. The molecule has 10 aliphatic rings. The molecule has 4 aliphatic carbocycles. The molecule has 7 heterocycles. The van der Waals surface area contributed by atoms with Crippen LogP contribution in [0, 0.1) is 47.3 Å². The first-order valence-corrected chi connectivity index (χ1v) is 19.8. The fourth-order valence-electron chi connectivity index (χ4n) is 12.7. The van der Waals surface area contributed by atoms with E-state index in [4.69, 9.17) is 34.1 Å². The number of ether oxygens (including phenoxy) is 2. The predicted molar refractivity (Wildman–Crippen MR) is 184 cm³/mol. The molecule has 10 fully saturated rings. The van der Waals surface area contributed by atoms with Crippen molar-refractivity contribution in [3.8, 4) is 0 Å². The lowest BCUT2D eigenvalue weighted by molar-refractivity contribution is -0.487. The number of carbonyl (C=O) groups is 1. The van der Waals surface area contributed by atoms with Crippen LogP contribution in [0.25, 0.3) is 0 Å².